The van der Waals surface area contributed by atoms with Crippen LogP contribution >= 0.6 is 12.6 Å². The van der Waals surface area contributed by atoms with Gasteiger partial charge in [0.2, 0.25) is 11.8 Å². The summed E-state index contributed by atoms with van der Waals surface area (Å²) in [6.07, 6.45) is 3.24. The van der Waals surface area contributed by atoms with E-state index in [4.69, 9.17) is 10.5 Å². The summed E-state index contributed by atoms with van der Waals surface area (Å²) in [5.41, 5.74) is 5.38. The Morgan fingerprint density at radius 2 is 1.77 bits per heavy atom. The van der Waals surface area contributed by atoms with E-state index >= 15 is 0 Å². The van der Waals surface area contributed by atoms with Crippen molar-refractivity contribution in [2.45, 2.75) is 79.7 Å². The van der Waals surface area contributed by atoms with Gasteiger partial charge in [-0.1, -0.05) is 59.7 Å². The molecule has 1 aliphatic carbocycles. The summed E-state index contributed by atoms with van der Waals surface area (Å²) in [4.78, 5) is 48.2. The highest BCUT2D eigenvalue weighted by atomic mass is 32.1. The Morgan fingerprint density at radius 3 is 2.21 bits per heavy atom. The first-order valence-electron chi connectivity index (χ1n) is 14.0. The topological polar surface area (TPSA) is 128 Å². The number of hydrogen-bond acceptors (Lipinski definition) is 7. The molecule has 1 aromatic rings. The summed E-state index contributed by atoms with van der Waals surface area (Å²) in [6.45, 7) is 12.6. The quantitative estimate of drug-likeness (QED) is 0.200. The zero-order valence-corrected chi connectivity index (χ0v) is 25.4. The molecule has 220 valence electrons. The third kappa shape index (κ3) is 9.94. The SMILES string of the molecule is CCC(NC(=O)C(CC(=O)NCCOc1ccccc1)C(C)C)C(=O)CN.CCC1(CS)C(=O)CCC1(C)C. The van der Waals surface area contributed by atoms with Crippen molar-refractivity contribution in [3.63, 3.8) is 0 Å². The zero-order valence-electron chi connectivity index (χ0n) is 24.5. The van der Waals surface area contributed by atoms with E-state index in [0.29, 0.717) is 31.1 Å². The number of para-hydroxylation sites is 1. The number of nitrogens with one attached hydrogen (secondary N) is 2. The predicted octanol–water partition coefficient (Wildman–Crippen LogP) is 3.97. The van der Waals surface area contributed by atoms with Gasteiger partial charge in [-0.25, -0.2) is 0 Å². The summed E-state index contributed by atoms with van der Waals surface area (Å²) < 4.78 is 5.52. The van der Waals surface area contributed by atoms with Gasteiger partial charge in [-0.3, -0.25) is 19.2 Å². The molecule has 8 nitrogen and oxygen atoms in total. The molecule has 3 unspecified atom stereocenters. The highest BCUT2D eigenvalue weighted by molar-refractivity contribution is 7.80. The van der Waals surface area contributed by atoms with E-state index in [1.54, 1.807) is 0 Å². The van der Waals surface area contributed by atoms with E-state index in [1.165, 1.54) is 0 Å². The minimum absolute atomic E-state index is 0.0400. The van der Waals surface area contributed by atoms with E-state index in [1.807, 2.05) is 51.1 Å². The maximum absolute atomic E-state index is 12.5. The van der Waals surface area contributed by atoms with Gasteiger partial charge in [-0.2, -0.15) is 12.6 Å². The largest absolute Gasteiger partial charge is 0.492 e. The number of carbonyl (C=O) groups excluding carboxylic acids is 4. The summed E-state index contributed by atoms with van der Waals surface area (Å²) in [7, 11) is 0. The number of amides is 2. The predicted molar refractivity (Wildman–Crippen MR) is 159 cm³/mol. The molecule has 0 bridgehead atoms. The number of ether oxygens (including phenoxy) is 1. The molecular formula is C30H49N3O5S. The Bertz CT molecular complexity index is 932. The molecule has 39 heavy (non-hydrogen) atoms. The van der Waals surface area contributed by atoms with Crippen LogP contribution in [0.4, 0.5) is 0 Å². The molecule has 1 fully saturated rings. The maximum atomic E-state index is 12.5. The standard InChI is InChI=1S/C20H31N3O4.C10H18OS/c1-4-17(18(24)13-21)23-20(26)16(14(2)3)12-19(25)22-10-11-27-15-8-6-5-7-9-15;1-4-10(7-12)8(11)5-6-9(10,2)3/h5-9,14,16-17H,4,10-13,21H2,1-3H3,(H,22,25)(H,23,26);12H,4-7H2,1-3H3. The number of nitrogens with two attached hydrogens (primary N) is 1. The minimum atomic E-state index is -0.605. The molecule has 1 aromatic carbocycles. The minimum Gasteiger partial charge on any atom is -0.492 e. The summed E-state index contributed by atoms with van der Waals surface area (Å²) in [5, 5.41) is 5.48. The molecule has 0 heterocycles. The average molecular weight is 564 g/mol. The molecule has 9 heteroatoms. The van der Waals surface area contributed by atoms with E-state index in [2.05, 4.69) is 44.0 Å². The van der Waals surface area contributed by atoms with Gasteiger partial charge in [0.1, 0.15) is 18.1 Å². The van der Waals surface area contributed by atoms with Crippen LogP contribution in [-0.2, 0) is 19.2 Å². The lowest BCUT2D eigenvalue weighted by molar-refractivity contribution is -0.134. The van der Waals surface area contributed by atoms with E-state index < -0.39 is 12.0 Å². The molecule has 0 saturated heterocycles. The highest BCUT2D eigenvalue weighted by Crippen LogP contribution is 2.52. The summed E-state index contributed by atoms with van der Waals surface area (Å²) >= 11 is 4.33. The second kappa shape index (κ2) is 16.7. The Balaban J connectivity index is 0.000000525. The van der Waals surface area contributed by atoms with Gasteiger partial charge in [-0.15, -0.1) is 0 Å². The van der Waals surface area contributed by atoms with E-state index in [9.17, 15) is 19.2 Å². The monoisotopic (exact) mass is 563 g/mol. The molecule has 0 spiro atoms. The number of thiol groups is 1. The first-order chi connectivity index (χ1) is 18.4. The first-order valence-corrected chi connectivity index (χ1v) is 14.6. The van der Waals surface area contributed by atoms with Crippen molar-refractivity contribution >= 4 is 36.0 Å². The number of Topliss-reactive ketones (excluding diaryl/α,β-unsaturated/α-hetero) is 2. The molecule has 2 amide bonds. The Hall–Kier alpha value is -2.39. The van der Waals surface area contributed by atoms with Gasteiger partial charge in [0.25, 0.3) is 0 Å². The zero-order chi connectivity index (χ0) is 29.6. The lowest BCUT2D eigenvalue weighted by Crippen LogP contribution is -2.47. The fraction of sp³-hybridized carbons (Fsp3) is 0.667. The number of rotatable bonds is 14. The van der Waals surface area contributed by atoms with Gasteiger partial charge in [0.15, 0.2) is 5.78 Å². The Labute approximate surface area is 240 Å². The van der Waals surface area contributed by atoms with Gasteiger partial charge >= 0.3 is 0 Å². The van der Waals surface area contributed by atoms with Gasteiger partial charge in [0.05, 0.1) is 19.1 Å². The Kier molecular flexibility index (Phi) is 14.8. The van der Waals surface area contributed by atoms with Crippen molar-refractivity contribution in [3.05, 3.63) is 30.3 Å². The van der Waals surface area contributed by atoms with Crippen LogP contribution in [0.15, 0.2) is 30.3 Å². The van der Waals surface area contributed by atoms with Crippen molar-refractivity contribution in [3.8, 4) is 5.75 Å². The van der Waals surface area contributed by atoms with Crippen LogP contribution in [-0.4, -0.2) is 54.9 Å². The fourth-order valence-electron chi connectivity index (χ4n) is 4.98. The van der Waals surface area contributed by atoms with Gasteiger partial charge < -0.3 is 21.1 Å². The second-order valence-corrected chi connectivity index (χ2v) is 11.4. The van der Waals surface area contributed by atoms with Crippen LogP contribution in [0.3, 0.4) is 0 Å². The first kappa shape index (κ1) is 34.6. The smallest absolute Gasteiger partial charge is 0.224 e. The van der Waals surface area contributed by atoms with Crippen LogP contribution in [0.1, 0.15) is 73.6 Å². The van der Waals surface area contributed by atoms with Crippen molar-refractivity contribution in [2.24, 2.45) is 28.4 Å². The average Bonchev–Trinajstić information content (AvgIpc) is 3.16. The number of carbonyl (C=O) groups is 4. The Morgan fingerprint density at radius 1 is 1.13 bits per heavy atom. The van der Waals surface area contributed by atoms with E-state index in [0.717, 1.165) is 25.0 Å². The number of benzene rings is 1. The lowest BCUT2D eigenvalue weighted by Gasteiger charge is -2.38. The van der Waals surface area contributed by atoms with Crippen molar-refractivity contribution in [1.82, 2.24) is 10.6 Å². The highest BCUT2D eigenvalue weighted by Gasteiger charge is 2.52. The molecule has 1 aliphatic rings. The van der Waals surface area contributed by atoms with Gasteiger partial charge in [-0.05, 0) is 42.7 Å². The normalized spacial score (nSPS) is 19.5. The number of ketones is 2. The molecule has 4 N–H and O–H groups in total. The maximum Gasteiger partial charge on any atom is 0.224 e. The lowest BCUT2D eigenvalue weighted by atomic mass is 9.67. The molecule has 0 aromatic heterocycles. The van der Waals surface area contributed by atoms with Gasteiger partial charge in [0, 0.05) is 29.9 Å². The molecule has 0 radical (unpaired) electrons. The third-order valence-electron chi connectivity index (χ3n) is 7.98. The second-order valence-electron chi connectivity index (χ2n) is 11.1. The van der Waals surface area contributed by atoms with Crippen molar-refractivity contribution in [2.75, 3.05) is 25.4 Å². The van der Waals surface area contributed by atoms with Crippen LogP contribution in [0, 0.1) is 22.7 Å². The molecule has 1 saturated carbocycles. The summed E-state index contributed by atoms with van der Waals surface area (Å²) in [5.74, 6) is 0.576. The van der Waals surface area contributed by atoms with Crippen LogP contribution in [0.2, 0.25) is 0 Å². The fourth-order valence-corrected chi connectivity index (χ4v) is 5.81. The molecule has 0 aliphatic heterocycles. The van der Waals surface area contributed by atoms with Crippen molar-refractivity contribution < 1.29 is 23.9 Å². The van der Waals surface area contributed by atoms with Crippen molar-refractivity contribution in [1.29, 1.82) is 0 Å². The van der Waals surface area contributed by atoms with Crippen LogP contribution in [0.25, 0.3) is 0 Å². The van der Waals surface area contributed by atoms with E-state index in [-0.39, 0.29) is 47.3 Å². The number of hydrogen-bond donors (Lipinski definition) is 4. The third-order valence-corrected chi connectivity index (χ3v) is 8.52. The molecule has 2 rings (SSSR count). The molecule has 3 atom stereocenters. The van der Waals surface area contributed by atoms with Crippen LogP contribution in [0.5, 0.6) is 5.75 Å². The molecular weight excluding hydrogens is 514 g/mol. The van der Waals surface area contributed by atoms with Crippen LogP contribution < -0.4 is 21.1 Å². The summed E-state index contributed by atoms with van der Waals surface area (Å²) in [6, 6.07) is 8.72.